The van der Waals surface area contributed by atoms with Gasteiger partial charge in [-0.1, -0.05) is 19.1 Å². The third-order valence-electron chi connectivity index (χ3n) is 13.3. The molecule has 5 aliphatic heterocycles. The number of esters is 1. The lowest BCUT2D eigenvalue weighted by molar-refractivity contribution is -0.256. The van der Waals surface area contributed by atoms with Crippen molar-refractivity contribution in [3.63, 3.8) is 0 Å². The summed E-state index contributed by atoms with van der Waals surface area (Å²) in [6, 6.07) is 3.43. The molecule has 5 fully saturated rings. The largest absolute Gasteiger partial charge is 0.507 e. The summed E-state index contributed by atoms with van der Waals surface area (Å²) in [6.07, 6.45) is -6.98. The number of ether oxygens (including phenoxy) is 6. The molecule has 21 heteroatoms. The van der Waals surface area contributed by atoms with Gasteiger partial charge in [-0.2, -0.15) is 0 Å². The number of ketones is 3. The Labute approximate surface area is 363 Å². The predicted molar refractivity (Wildman–Crippen MR) is 208 cm³/mol. The number of aromatic hydroxyl groups is 2. The molecule has 0 saturated carbocycles. The number of methoxy groups -OCH3 is 1. The van der Waals surface area contributed by atoms with E-state index in [1.54, 1.807) is 13.8 Å². The minimum atomic E-state index is -2.37. The van der Waals surface area contributed by atoms with Crippen LogP contribution in [0.3, 0.4) is 0 Å². The average molecular weight is 892 g/mol. The second kappa shape index (κ2) is 16.2. The molecule has 0 aromatic heterocycles. The fraction of sp³-hybridized carbons (Fsp3) is 0.535. The zero-order valence-electron chi connectivity index (χ0n) is 34.8. The fourth-order valence-corrected chi connectivity index (χ4v) is 10.2. The quantitative estimate of drug-likeness (QED) is 0.0882. The normalized spacial score (nSPS) is 32.4. The van der Waals surface area contributed by atoms with Crippen LogP contribution in [0, 0.1) is 11.8 Å². The van der Waals surface area contributed by atoms with Gasteiger partial charge in [-0.3, -0.25) is 53.1 Å². The molecule has 2 aromatic carbocycles. The first-order chi connectivity index (χ1) is 30.5. The van der Waals surface area contributed by atoms with Gasteiger partial charge in [0.25, 0.3) is 0 Å². The number of fused-ring (bicyclic) bond motifs is 6. The van der Waals surface area contributed by atoms with Gasteiger partial charge in [0.2, 0.25) is 29.4 Å². The maximum Gasteiger partial charge on any atom is 0.312 e. The molecule has 64 heavy (non-hydrogen) atoms. The Kier molecular flexibility index (Phi) is 11.0. The van der Waals surface area contributed by atoms with Crippen LogP contribution < -0.4 is 4.74 Å². The second-order valence-electron chi connectivity index (χ2n) is 17.2. The van der Waals surface area contributed by atoms with Gasteiger partial charge in [0.1, 0.15) is 42.2 Å². The van der Waals surface area contributed by atoms with E-state index in [0.717, 1.165) is 9.80 Å². The Morgan fingerprint density at radius 1 is 0.922 bits per heavy atom. The highest BCUT2D eigenvalue weighted by molar-refractivity contribution is 6.31. The summed E-state index contributed by atoms with van der Waals surface area (Å²) >= 11 is 0. The van der Waals surface area contributed by atoms with Crippen LogP contribution >= 0.6 is 0 Å². The molecule has 4 N–H and O–H groups in total. The molecule has 4 amide bonds. The third-order valence-corrected chi connectivity index (χ3v) is 13.3. The van der Waals surface area contributed by atoms with E-state index in [1.807, 2.05) is 0 Å². The number of imide groups is 2. The predicted octanol–water partition coefficient (Wildman–Crippen LogP) is -0.274. The van der Waals surface area contributed by atoms with Crippen molar-refractivity contribution in [3.8, 4) is 17.2 Å². The number of aliphatic hydroxyl groups is 2. The Bertz CT molecular complexity index is 2420. The average Bonchev–Trinajstić information content (AvgIpc) is 3.85. The number of phenols is 2. The van der Waals surface area contributed by atoms with Crippen molar-refractivity contribution >= 4 is 46.9 Å². The summed E-state index contributed by atoms with van der Waals surface area (Å²) in [7, 11) is 1.50. The minimum Gasteiger partial charge on any atom is -0.507 e. The molecule has 340 valence electrons. The monoisotopic (exact) mass is 891 g/mol. The number of hydrogen-bond acceptors (Lipinski definition) is 19. The van der Waals surface area contributed by atoms with Crippen molar-refractivity contribution < 1.29 is 87.2 Å². The van der Waals surface area contributed by atoms with Crippen molar-refractivity contribution in [2.45, 2.75) is 101 Å². The number of hydrogen-bond donors (Lipinski definition) is 4. The van der Waals surface area contributed by atoms with Gasteiger partial charge in [-0.05, 0) is 13.0 Å². The van der Waals surface area contributed by atoms with Gasteiger partial charge in [-0.25, -0.2) is 0 Å². The van der Waals surface area contributed by atoms with Crippen LogP contribution in [0.4, 0.5) is 0 Å². The molecular weight excluding hydrogens is 846 g/mol. The third kappa shape index (κ3) is 6.92. The standard InChI is InChI=1S/C43H45N3O18/c1-17-9-26(49)45(39(17)56)16-46-27(50)10-19(40(46)57)11-28(51)62-23-6-4-5-20-30(23)36(54)33-32(34(20)52)35(53)21-13-43(58,25(48)15-47)14-24(31(21)37(33)55)63-29-12-22-38(18(2)61-29)64-41-42(59-3)60-8-7-44(22)41/h4-6,17-19,22,24,29,38,41-42,47,53,55,58H,7-16H2,1-3H3/t17?,18-,19?,22-,24-,29-,38+,41+,42-,43-/m0/s1. The van der Waals surface area contributed by atoms with E-state index in [9.17, 15) is 58.8 Å². The number of morpholine rings is 1. The van der Waals surface area contributed by atoms with Gasteiger partial charge >= 0.3 is 5.97 Å². The van der Waals surface area contributed by atoms with Crippen molar-refractivity contribution in [3.05, 3.63) is 51.6 Å². The molecule has 7 aliphatic rings. The summed E-state index contributed by atoms with van der Waals surface area (Å²) < 4.78 is 35.7. The summed E-state index contributed by atoms with van der Waals surface area (Å²) in [4.78, 5) is 110. The van der Waals surface area contributed by atoms with Crippen molar-refractivity contribution in [1.82, 2.24) is 14.7 Å². The molecule has 0 bridgehead atoms. The van der Waals surface area contributed by atoms with E-state index in [0.29, 0.717) is 13.2 Å². The van der Waals surface area contributed by atoms with E-state index in [4.69, 9.17) is 28.4 Å². The van der Waals surface area contributed by atoms with Crippen LogP contribution in [0.2, 0.25) is 0 Å². The minimum absolute atomic E-state index is 0.0703. The van der Waals surface area contributed by atoms with E-state index in [-0.39, 0.29) is 35.6 Å². The van der Waals surface area contributed by atoms with Gasteiger partial charge in [-0.15, -0.1) is 0 Å². The molecule has 2 unspecified atom stereocenters. The lowest BCUT2D eigenvalue weighted by atomic mass is 9.72. The Hall–Kier alpha value is -5.52. The van der Waals surface area contributed by atoms with E-state index in [2.05, 4.69) is 4.90 Å². The van der Waals surface area contributed by atoms with E-state index >= 15 is 0 Å². The van der Waals surface area contributed by atoms with Crippen LogP contribution in [0.25, 0.3) is 0 Å². The topological polar surface area (TPSA) is 283 Å². The highest BCUT2D eigenvalue weighted by atomic mass is 16.7. The highest BCUT2D eigenvalue weighted by Gasteiger charge is 2.55. The van der Waals surface area contributed by atoms with Crippen LogP contribution in [-0.2, 0) is 58.9 Å². The maximum atomic E-state index is 14.5. The Balaban J connectivity index is 0.998. The van der Waals surface area contributed by atoms with Gasteiger partial charge in [0, 0.05) is 74.4 Å². The zero-order valence-corrected chi connectivity index (χ0v) is 34.8. The number of benzene rings is 2. The molecule has 5 saturated heterocycles. The first-order valence-electron chi connectivity index (χ1n) is 20.9. The maximum absolute atomic E-state index is 14.5. The van der Waals surface area contributed by atoms with Gasteiger partial charge in [0.15, 0.2) is 30.4 Å². The number of carbonyl (C=O) groups is 8. The number of aliphatic hydroxyl groups excluding tert-OH is 1. The molecule has 21 nitrogen and oxygen atoms in total. The van der Waals surface area contributed by atoms with Crippen LogP contribution in [0.1, 0.15) is 95.0 Å². The second-order valence-corrected chi connectivity index (χ2v) is 17.2. The first kappa shape index (κ1) is 43.7. The fourth-order valence-electron chi connectivity index (χ4n) is 10.2. The van der Waals surface area contributed by atoms with Crippen molar-refractivity contribution in [2.24, 2.45) is 11.8 Å². The highest BCUT2D eigenvalue weighted by Crippen LogP contribution is 2.53. The number of amides is 4. The summed E-state index contributed by atoms with van der Waals surface area (Å²) in [5.74, 6) is -10.7. The van der Waals surface area contributed by atoms with Gasteiger partial charge in [0.05, 0.1) is 47.8 Å². The lowest BCUT2D eigenvalue weighted by Crippen LogP contribution is -2.55. The van der Waals surface area contributed by atoms with Crippen molar-refractivity contribution in [1.29, 1.82) is 0 Å². The van der Waals surface area contributed by atoms with E-state index in [1.165, 1.54) is 25.3 Å². The number of Topliss-reactive ketones (excluding diaryl/α,β-unsaturated/α-hetero) is 1. The van der Waals surface area contributed by atoms with Crippen LogP contribution in [-0.4, -0.2) is 158 Å². The smallest absolute Gasteiger partial charge is 0.312 e. The summed E-state index contributed by atoms with van der Waals surface area (Å²) in [5, 5.41) is 45.5. The molecule has 2 aliphatic carbocycles. The molecule has 0 spiro atoms. The molecule has 10 atom stereocenters. The first-order valence-corrected chi connectivity index (χ1v) is 20.9. The van der Waals surface area contributed by atoms with Crippen LogP contribution in [0.15, 0.2) is 18.2 Å². The Morgan fingerprint density at radius 2 is 1.64 bits per heavy atom. The molecular formula is C43H45N3O18. The number of rotatable bonds is 10. The zero-order chi connectivity index (χ0) is 45.7. The number of nitrogens with zero attached hydrogens (tertiary/aromatic N) is 3. The molecule has 9 rings (SSSR count). The number of likely N-dealkylation sites (tertiary alicyclic amines) is 2. The number of phenolic OH excluding ortho intramolecular Hbond substituents is 2. The van der Waals surface area contributed by atoms with E-state index < -0.39 is 174 Å². The molecule has 5 heterocycles. The SMILES string of the molecule is CO[C@H]1OCCN2[C@@H]1O[C@@H]1[C@H](C)O[C@@H](O[C@H]3C[C@](O)(C(=O)CO)Cc4c(O)c5c(c(O)c43)C(=O)c3c(OC(=O)CC4CC(=O)N(CN6C(=O)CC(C)C6=O)C4=O)cccc3C5=O)C[C@@H]12. The Morgan fingerprint density at radius 3 is 2.34 bits per heavy atom. The van der Waals surface area contributed by atoms with Crippen LogP contribution in [0.5, 0.6) is 17.2 Å². The molecule has 2 aromatic rings. The summed E-state index contributed by atoms with van der Waals surface area (Å²) in [5.41, 5.74) is -5.03. The van der Waals surface area contributed by atoms with Gasteiger partial charge < -0.3 is 48.8 Å². The van der Waals surface area contributed by atoms with Crippen molar-refractivity contribution in [2.75, 3.05) is 33.5 Å². The molecule has 0 radical (unpaired) electrons. The number of carbonyl (C=O) groups excluding carboxylic acids is 8. The lowest BCUT2D eigenvalue weighted by Gasteiger charge is -2.43. The summed E-state index contributed by atoms with van der Waals surface area (Å²) in [6.45, 7) is 2.48.